The summed E-state index contributed by atoms with van der Waals surface area (Å²) < 4.78 is 13.7. The van der Waals surface area contributed by atoms with Crippen LogP contribution in [0, 0.1) is 0 Å². The summed E-state index contributed by atoms with van der Waals surface area (Å²) in [6, 6.07) is 10.4. The third-order valence-electron chi connectivity index (χ3n) is 6.71. The monoisotopic (exact) mass is 479 g/mol. The molecule has 0 saturated carbocycles. The van der Waals surface area contributed by atoms with Gasteiger partial charge in [0.2, 0.25) is 0 Å². The second kappa shape index (κ2) is 8.62. The molecule has 0 spiro atoms. The van der Waals surface area contributed by atoms with Crippen LogP contribution in [0.15, 0.2) is 47.7 Å². The van der Waals surface area contributed by atoms with Crippen LogP contribution in [-0.2, 0) is 29.5 Å². The summed E-state index contributed by atoms with van der Waals surface area (Å²) in [5, 5.41) is 1.92. The van der Waals surface area contributed by atoms with Crippen molar-refractivity contribution in [3.63, 3.8) is 0 Å². The Kier molecular flexibility index (Phi) is 5.48. The number of rotatable bonds is 4. The fourth-order valence-corrected chi connectivity index (χ4v) is 7.55. The highest BCUT2D eigenvalue weighted by molar-refractivity contribution is 7.84. The molecule has 7 nitrogen and oxygen atoms in total. The number of hydrogen-bond donors (Lipinski definition) is 0. The maximum atomic E-state index is 13.2. The fraction of sp³-hybridized carbons (Fsp3) is 0.375. The number of piperazine rings is 1. The van der Waals surface area contributed by atoms with Gasteiger partial charge in [-0.15, -0.1) is 11.3 Å². The van der Waals surface area contributed by atoms with Crippen LogP contribution in [0.3, 0.4) is 0 Å². The lowest BCUT2D eigenvalue weighted by molar-refractivity contribution is 0.247. The van der Waals surface area contributed by atoms with E-state index >= 15 is 0 Å². The van der Waals surface area contributed by atoms with Gasteiger partial charge in [0.15, 0.2) is 0 Å². The van der Waals surface area contributed by atoms with E-state index in [-0.39, 0.29) is 5.56 Å². The largest absolute Gasteiger partial charge is 0.367 e. The third kappa shape index (κ3) is 3.88. The van der Waals surface area contributed by atoms with Gasteiger partial charge in [-0.2, -0.15) is 0 Å². The van der Waals surface area contributed by atoms with Crippen molar-refractivity contribution in [2.24, 2.45) is 0 Å². The number of pyridine rings is 1. The van der Waals surface area contributed by atoms with E-state index in [0.29, 0.717) is 24.5 Å². The number of hydrogen-bond acceptors (Lipinski definition) is 7. The number of aromatic nitrogens is 3. The van der Waals surface area contributed by atoms with Crippen LogP contribution < -0.4 is 10.5 Å². The second-order valence-electron chi connectivity index (χ2n) is 8.65. The predicted molar refractivity (Wildman–Crippen MR) is 135 cm³/mol. The number of nitrogens with zero attached hydrogens (tertiary/aromatic N) is 5. The molecule has 0 amide bonds. The smallest absolute Gasteiger partial charge is 0.262 e. The molecule has 1 atom stereocenters. The van der Waals surface area contributed by atoms with Gasteiger partial charge < -0.3 is 4.90 Å². The average molecular weight is 480 g/mol. The SMILES string of the molecule is O=c1c2c3c(sc2ncn1CCN1CCN(c2cccc4cccnc24)CC1)CS(=O)CC3. The fourth-order valence-electron chi connectivity index (χ4n) is 4.91. The maximum absolute atomic E-state index is 13.2. The molecule has 3 aromatic heterocycles. The lowest BCUT2D eigenvalue weighted by Gasteiger charge is -2.36. The minimum absolute atomic E-state index is 0.0469. The molecular weight excluding hydrogens is 454 g/mol. The minimum Gasteiger partial charge on any atom is -0.367 e. The molecule has 4 aromatic rings. The summed E-state index contributed by atoms with van der Waals surface area (Å²) >= 11 is 1.53. The van der Waals surface area contributed by atoms with Crippen molar-refractivity contribution in [1.82, 2.24) is 19.4 Å². The Morgan fingerprint density at radius 3 is 2.76 bits per heavy atom. The zero-order chi connectivity index (χ0) is 22.4. The molecule has 1 aromatic carbocycles. The summed E-state index contributed by atoms with van der Waals surface area (Å²) in [6.45, 7) is 5.24. The summed E-state index contributed by atoms with van der Waals surface area (Å²) in [5.74, 6) is 1.20. The number of para-hydroxylation sites is 1. The Bertz CT molecular complexity index is 1420. The Hall–Kier alpha value is -2.62. The summed E-state index contributed by atoms with van der Waals surface area (Å²) in [7, 11) is -0.813. The van der Waals surface area contributed by atoms with Crippen LogP contribution >= 0.6 is 11.3 Å². The molecule has 6 rings (SSSR count). The maximum Gasteiger partial charge on any atom is 0.262 e. The first-order valence-corrected chi connectivity index (χ1v) is 13.6. The number of thiophene rings is 1. The highest BCUT2D eigenvalue weighted by atomic mass is 32.2. The Balaban J connectivity index is 1.14. The molecule has 0 radical (unpaired) electrons. The summed E-state index contributed by atoms with van der Waals surface area (Å²) in [4.78, 5) is 29.1. The van der Waals surface area contributed by atoms with Crippen LogP contribution in [0.25, 0.3) is 21.1 Å². The van der Waals surface area contributed by atoms with E-state index < -0.39 is 10.8 Å². The topological polar surface area (TPSA) is 71.3 Å². The molecule has 0 N–H and O–H groups in total. The molecule has 2 aliphatic rings. The Morgan fingerprint density at radius 1 is 1.03 bits per heavy atom. The molecule has 2 aliphatic heterocycles. The average Bonchev–Trinajstić information content (AvgIpc) is 3.22. The van der Waals surface area contributed by atoms with Gasteiger partial charge in [-0.05, 0) is 24.1 Å². The summed E-state index contributed by atoms with van der Waals surface area (Å²) in [5.41, 5.74) is 3.38. The first-order chi connectivity index (χ1) is 16.2. The van der Waals surface area contributed by atoms with Crippen LogP contribution in [0.5, 0.6) is 0 Å². The molecule has 9 heteroatoms. The van der Waals surface area contributed by atoms with Crippen LogP contribution in [-0.4, -0.2) is 62.1 Å². The van der Waals surface area contributed by atoms with Gasteiger partial charge in [0.25, 0.3) is 5.56 Å². The van der Waals surface area contributed by atoms with E-state index in [1.807, 2.05) is 12.3 Å². The highest BCUT2D eigenvalue weighted by Crippen LogP contribution is 2.32. The van der Waals surface area contributed by atoms with Gasteiger partial charge in [0.1, 0.15) is 4.83 Å². The number of fused-ring (bicyclic) bond motifs is 4. The van der Waals surface area contributed by atoms with Crippen molar-refractivity contribution in [3.05, 3.63) is 63.7 Å². The normalized spacial score (nSPS) is 19.3. The van der Waals surface area contributed by atoms with Crippen molar-refractivity contribution in [2.75, 3.05) is 43.4 Å². The minimum atomic E-state index is -0.813. The molecule has 170 valence electrons. The van der Waals surface area contributed by atoms with Crippen LogP contribution in [0.4, 0.5) is 5.69 Å². The zero-order valence-electron chi connectivity index (χ0n) is 18.3. The molecule has 5 heterocycles. The quantitative estimate of drug-likeness (QED) is 0.448. The highest BCUT2D eigenvalue weighted by Gasteiger charge is 2.24. The Labute approximate surface area is 198 Å². The molecular formula is C24H25N5O2S2. The Morgan fingerprint density at radius 2 is 1.88 bits per heavy atom. The van der Waals surface area contributed by atoms with Crippen molar-refractivity contribution < 1.29 is 4.21 Å². The van der Waals surface area contributed by atoms with Gasteiger partial charge in [-0.1, -0.05) is 18.2 Å². The zero-order valence-corrected chi connectivity index (χ0v) is 19.9. The lowest BCUT2D eigenvalue weighted by Crippen LogP contribution is -2.47. The van der Waals surface area contributed by atoms with E-state index in [0.717, 1.165) is 58.9 Å². The van der Waals surface area contributed by atoms with Gasteiger partial charge in [0.05, 0.1) is 28.7 Å². The van der Waals surface area contributed by atoms with Gasteiger partial charge >= 0.3 is 0 Å². The van der Waals surface area contributed by atoms with Gasteiger partial charge in [-0.25, -0.2) is 4.98 Å². The third-order valence-corrected chi connectivity index (χ3v) is 9.31. The van der Waals surface area contributed by atoms with E-state index in [2.05, 4.69) is 44.0 Å². The van der Waals surface area contributed by atoms with Gasteiger partial charge in [0, 0.05) is 72.3 Å². The number of anilines is 1. The molecule has 1 unspecified atom stereocenters. The van der Waals surface area contributed by atoms with E-state index in [1.54, 1.807) is 10.9 Å². The van der Waals surface area contributed by atoms with Crippen LogP contribution in [0.2, 0.25) is 0 Å². The van der Waals surface area contributed by atoms with E-state index in [4.69, 9.17) is 0 Å². The lowest BCUT2D eigenvalue weighted by atomic mass is 10.1. The van der Waals surface area contributed by atoms with E-state index in [1.165, 1.54) is 22.4 Å². The predicted octanol–water partition coefficient (Wildman–Crippen LogP) is 2.63. The van der Waals surface area contributed by atoms with Crippen molar-refractivity contribution in [2.45, 2.75) is 18.7 Å². The molecule has 33 heavy (non-hydrogen) atoms. The molecule has 0 bridgehead atoms. The first kappa shape index (κ1) is 20.9. The molecule has 1 fully saturated rings. The second-order valence-corrected chi connectivity index (χ2v) is 11.3. The number of benzene rings is 1. The van der Waals surface area contributed by atoms with Crippen molar-refractivity contribution in [3.8, 4) is 0 Å². The number of aryl methyl sites for hydroxylation is 1. The molecule has 1 saturated heterocycles. The standard InChI is InChI=1S/C24H25N5O2S2/c30-24-21-18-6-14-33(31)15-20(18)32-23(21)26-16-29(24)13-10-27-8-11-28(12-9-27)19-5-1-3-17-4-2-7-25-22(17)19/h1-5,7,16H,6,8-15H2. The van der Waals surface area contributed by atoms with Gasteiger partial charge in [-0.3, -0.25) is 23.5 Å². The van der Waals surface area contributed by atoms with Crippen LogP contribution in [0.1, 0.15) is 10.4 Å². The summed E-state index contributed by atoms with van der Waals surface area (Å²) in [6.07, 6.45) is 4.25. The van der Waals surface area contributed by atoms with E-state index in [9.17, 15) is 9.00 Å². The molecule has 0 aliphatic carbocycles. The van der Waals surface area contributed by atoms with Crippen molar-refractivity contribution in [1.29, 1.82) is 0 Å². The first-order valence-electron chi connectivity index (χ1n) is 11.3. The van der Waals surface area contributed by atoms with Crippen molar-refractivity contribution >= 4 is 48.9 Å².